The van der Waals surface area contributed by atoms with Gasteiger partial charge in [-0.3, -0.25) is 0 Å². The Labute approximate surface area is 104 Å². The first-order valence-electron chi connectivity index (χ1n) is 5.97. The first kappa shape index (κ1) is 14.0. The highest BCUT2D eigenvalue weighted by molar-refractivity contribution is 5.55. The van der Waals surface area contributed by atoms with E-state index < -0.39 is 0 Å². The van der Waals surface area contributed by atoms with Crippen LogP contribution in [0.25, 0.3) is 0 Å². The van der Waals surface area contributed by atoms with Gasteiger partial charge in [-0.1, -0.05) is 26.8 Å². The van der Waals surface area contributed by atoms with E-state index in [0.717, 1.165) is 12.2 Å². The van der Waals surface area contributed by atoms with Crippen molar-refractivity contribution in [1.29, 1.82) is 0 Å². The van der Waals surface area contributed by atoms with Crippen molar-refractivity contribution in [2.45, 2.75) is 33.7 Å². The lowest BCUT2D eigenvalue weighted by Crippen LogP contribution is -2.30. The van der Waals surface area contributed by atoms with Crippen LogP contribution in [0.4, 0.5) is 10.1 Å². The predicted octanol–water partition coefficient (Wildman–Crippen LogP) is 3.33. The van der Waals surface area contributed by atoms with Gasteiger partial charge in [0.15, 0.2) is 0 Å². The van der Waals surface area contributed by atoms with Gasteiger partial charge in [0.05, 0.1) is 0 Å². The van der Waals surface area contributed by atoms with E-state index in [1.54, 1.807) is 6.07 Å². The highest BCUT2D eigenvalue weighted by atomic mass is 19.1. The van der Waals surface area contributed by atoms with Gasteiger partial charge in [0.1, 0.15) is 5.82 Å². The van der Waals surface area contributed by atoms with E-state index in [-0.39, 0.29) is 17.3 Å². The highest BCUT2D eigenvalue weighted by Crippen LogP contribution is 2.29. The van der Waals surface area contributed by atoms with Crippen LogP contribution in [-0.2, 0) is 0 Å². The topological polar surface area (TPSA) is 29.3 Å². The van der Waals surface area contributed by atoms with Crippen LogP contribution in [-0.4, -0.2) is 13.6 Å². The molecule has 3 heteroatoms. The minimum atomic E-state index is -0.298. The lowest BCUT2D eigenvalue weighted by Gasteiger charge is -2.30. The Morgan fingerprint density at radius 1 is 1.35 bits per heavy atom. The Kier molecular flexibility index (Phi) is 4.15. The molecule has 0 amide bonds. The summed E-state index contributed by atoms with van der Waals surface area (Å²) >= 11 is 0. The fourth-order valence-corrected chi connectivity index (χ4v) is 2.11. The zero-order valence-corrected chi connectivity index (χ0v) is 11.4. The quantitative estimate of drug-likeness (QED) is 0.875. The van der Waals surface area contributed by atoms with Gasteiger partial charge in [0, 0.05) is 30.9 Å². The number of halogens is 1. The fourth-order valence-electron chi connectivity index (χ4n) is 2.11. The molecule has 1 rings (SSSR count). The first-order chi connectivity index (χ1) is 7.72. The Bertz CT molecular complexity index is 380. The molecule has 0 heterocycles. The largest absolute Gasteiger partial charge is 0.374 e. The number of anilines is 1. The van der Waals surface area contributed by atoms with E-state index in [2.05, 4.69) is 25.7 Å². The molecule has 0 radical (unpaired) electrons. The van der Waals surface area contributed by atoms with Crippen molar-refractivity contribution >= 4 is 5.69 Å². The van der Waals surface area contributed by atoms with Gasteiger partial charge in [-0.15, -0.1) is 0 Å². The van der Waals surface area contributed by atoms with Gasteiger partial charge in [0.25, 0.3) is 0 Å². The SMILES string of the molecule is C[C@H](N)c1c(F)cccc1N(C)CC(C)(C)C. The standard InChI is InChI=1S/C14H23FN2/c1-10(16)13-11(15)7-6-8-12(13)17(5)9-14(2,3)4/h6-8,10H,9,16H2,1-5H3/t10-/m0/s1. The molecule has 0 saturated carbocycles. The number of benzene rings is 1. The van der Waals surface area contributed by atoms with Crippen molar-refractivity contribution in [2.75, 3.05) is 18.5 Å². The molecule has 0 saturated heterocycles. The second-order valence-corrected chi connectivity index (χ2v) is 5.88. The lowest BCUT2D eigenvalue weighted by atomic mass is 9.95. The summed E-state index contributed by atoms with van der Waals surface area (Å²) in [7, 11) is 1.98. The maximum absolute atomic E-state index is 13.8. The van der Waals surface area contributed by atoms with Crippen LogP contribution in [0.2, 0.25) is 0 Å². The van der Waals surface area contributed by atoms with Crippen LogP contribution in [0.5, 0.6) is 0 Å². The molecule has 1 atom stereocenters. The Morgan fingerprint density at radius 2 is 1.94 bits per heavy atom. The normalized spacial score (nSPS) is 13.6. The summed E-state index contributed by atoms with van der Waals surface area (Å²) in [5.41, 5.74) is 7.49. The summed E-state index contributed by atoms with van der Waals surface area (Å²) in [4.78, 5) is 2.07. The van der Waals surface area contributed by atoms with Gasteiger partial charge in [-0.2, -0.15) is 0 Å². The Morgan fingerprint density at radius 3 is 2.41 bits per heavy atom. The van der Waals surface area contributed by atoms with Gasteiger partial charge >= 0.3 is 0 Å². The van der Waals surface area contributed by atoms with E-state index in [0.29, 0.717) is 5.56 Å². The minimum absolute atomic E-state index is 0.163. The van der Waals surface area contributed by atoms with Crippen LogP contribution >= 0.6 is 0 Å². The Hall–Kier alpha value is -1.09. The molecular formula is C14H23FN2. The number of hydrogen-bond acceptors (Lipinski definition) is 2. The smallest absolute Gasteiger partial charge is 0.130 e. The molecule has 17 heavy (non-hydrogen) atoms. The van der Waals surface area contributed by atoms with Crippen LogP contribution in [0, 0.1) is 11.2 Å². The molecule has 0 aliphatic rings. The first-order valence-corrected chi connectivity index (χ1v) is 5.97. The minimum Gasteiger partial charge on any atom is -0.374 e. The monoisotopic (exact) mass is 238 g/mol. The molecule has 2 nitrogen and oxygen atoms in total. The predicted molar refractivity (Wildman–Crippen MR) is 71.7 cm³/mol. The van der Waals surface area contributed by atoms with Crippen molar-refractivity contribution < 1.29 is 4.39 Å². The Balaban J connectivity index is 3.09. The number of nitrogens with two attached hydrogens (primary N) is 1. The molecular weight excluding hydrogens is 215 g/mol. The van der Waals surface area contributed by atoms with Crippen LogP contribution in [0.15, 0.2) is 18.2 Å². The average molecular weight is 238 g/mol. The van der Waals surface area contributed by atoms with Crippen LogP contribution in [0.3, 0.4) is 0 Å². The fraction of sp³-hybridized carbons (Fsp3) is 0.571. The summed E-state index contributed by atoms with van der Waals surface area (Å²) in [6.07, 6.45) is 0. The molecule has 0 unspecified atom stereocenters. The number of hydrogen-bond donors (Lipinski definition) is 1. The lowest BCUT2D eigenvalue weighted by molar-refractivity contribution is 0.418. The zero-order valence-electron chi connectivity index (χ0n) is 11.4. The third kappa shape index (κ3) is 3.70. The highest BCUT2D eigenvalue weighted by Gasteiger charge is 2.19. The summed E-state index contributed by atoms with van der Waals surface area (Å²) in [5.74, 6) is -0.224. The van der Waals surface area contributed by atoms with Gasteiger partial charge in [-0.25, -0.2) is 4.39 Å². The van der Waals surface area contributed by atoms with Crippen molar-refractivity contribution in [3.8, 4) is 0 Å². The van der Waals surface area contributed by atoms with Crippen molar-refractivity contribution in [3.05, 3.63) is 29.6 Å². The van der Waals surface area contributed by atoms with Crippen LogP contribution < -0.4 is 10.6 Å². The average Bonchev–Trinajstić information content (AvgIpc) is 2.13. The van der Waals surface area contributed by atoms with E-state index in [9.17, 15) is 4.39 Å². The molecule has 1 aromatic rings. The second kappa shape index (κ2) is 5.05. The maximum Gasteiger partial charge on any atom is 0.130 e. The van der Waals surface area contributed by atoms with E-state index in [4.69, 9.17) is 5.73 Å². The van der Waals surface area contributed by atoms with Crippen molar-refractivity contribution in [2.24, 2.45) is 11.1 Å². The third-order valence-electron chi connectivity index (χ3n) is 2.61. The molecule has 2 N–H and O–H groups in total. The summed E-state index contributed by atoms with van der Waals surface area (Å²) in [5, 5.41) is 0. The number of rotatable bonds is 3. The molecule has 1 aromatic carbocycles. The van der Waals surface area contributed by atoms with Gasteiger partial charge < -0.3 is 10.6 Å². The second-order valence-electron chi connectivity index (χ2n) is 5.88. The summed E-state index contributed by atoms with van der Waals surface area (Å²) < 4.78 is 13.8. The summed E-state index contributed by atoms with van der Waals surface area (Å²) in [6, 6.07) is 4.82. The van der Waals surface area contributed by atoms with Crippen LogP contribution in [0.1, 0.15) is 39.3 Å². The van der Waals surface area contributed by atoms with Crippen molar-refractivity contribution in [3.63, 3.8) is 0 Å². The zero-order chi connectivity index (χ0) is 13.2. The van der Waals surface area contributed by atoms with E-state index in [1.165, 1.54) is 6.07 Å². The maximum atomic E-state index is 13.8. The molecule has 0 fully saturated rings. The third-order valence-corrected chi connectivity index (χ3v) is 2.61. The molecule has 0 bridgehead atoms. The summed E-state index contributed by atoms with van der Waals surface area (Å²) in [6.45, 7) is 9.15. The molecule has 0 spiro atoms. The van der Waals surface area contributed by atoms with E-state index in [1.807, 2.05) is 20.0 Å². The molecule has 0 aromatic heterocycles. The molecule has 0 aliphatic heterocycles. The van der Waals surface area contributed by atoms with Crippen molar-refractivity contribution in [1.82, 2.24) is 0 Å². The van der Waals surface area contributed by atoms with Gasteiger partial charge in [0.2, 0.25) is 0 Å². The number of nitrogens with zero attached hydrogens (tertiary/aromatic N) is 1. The van der Waals surface area contributed by atoms with E-state index >= 15 is 0 Å². The van der Waals surface area contributed by atoms with Gasteiger partial charge in [-0.05, 0) is 24.5 Å². The molecule has 96 valence electrons. The molecule has 0 aliphatic carbocycles.